The molecule has 2 atom stereocenters. The molecule has 1 heterocycles. The molecule has 0 bridgehead atoms. The minimum atomic E-state index is -0.403. The molecule has 0 spiro atoms. The van der Waals surface area contributed by atoms with E-state index in [1.54, 1.807) is 11.9 Å². The number of hydrogen-bond acceptors (Lipinski definition) is 4. The minimum Gasteiger partial charge on any atom is -0.395 e. The highest BCUT2D eigenvalue weighted by Crippen LogP contribution is 2.25. The van der Waals surface area contributed by atoms with Gasteiger partial charge >= 0.3 is 0 Å². The van der Waals surface area contributed by atoms with Gasteiger partial charge in [0.25, 0.3) is 0 Å². The van der Waals surface area contributed by atoms with Crippen molar-refractivity contribution in [3.8, 4) is 0 Å². The van der Waals surface area contributed by atoms with Crippen LogP contribution in [0.1, 0.15) is 33.6 Å². The summed E-state index contributed by atoms with van der Waals surface area (Å²) < 4.78 is 0. The molecular formula is C14H27N3O3. The van der Waals surface area contributed by atoms with Crippen LogP contribution < -0.4 is 10.6 Å². The number of aliphatic hydroxyl groups excluding tert-OH is 1. The Labute approximate surface area is 120 Å². The fourth-order valence-electron chi connectivity index (χ4n) is 2.61. The van der Waals surface area contributed by atoms with Crippen molar-refractivity contribution in [1.29, 1.82) is 0 Å². The molecule has 116 valence electrons. The van der Waals surface area contributed by atoms with Crippen LogP contribution in [0, 0.1) is 5.41 Å². The molecule has 1 rings (SSSR count). The van der Waals surface area contributed by atoms with Gasteiger partial charge in [-0.1, -0.05) is 20.8 Å². The van der Waals surface area contributed by atoms with Gasteiger partial charge in [0.15, 0.2) is 0 Å². The van der Waals surface area contributed by atoms with E-state index in [0.29, 0.717) is 19.5 Å². The predicted molar refractivity (Wildman–Crippen MR) is 77.1 cm³/mol. The first-order valence-corrected chi connectivity index (χ1v) is 7.19. The van der Waals surface area contributed by atoms with Gasteiger partial charge in [-0.15, -0.1) is 0 Å². The second kappa shape index (κ2) is 7.04. The molecule has 20 heavy (non-hydrogen) atoms. The van der Waals surface area contributed by atoms with Crippen LogP contribution in [0.4, 0.5) is 0 Å². The van der Waals surface area contributed by atoms with Crippen LogP contribution in [0.25, 0.3) is 0 Å². The summed E-state index contributed by atoms with van der Waals surface area (Å²) in [6, 6.07) is -0.770. The third kappa shape index (κ3) is 3.93. The van der Waals surface area contributed by atoms with Crippen molar-refractivity contribution in [1.82, 2.24) is 15.5 Å². The van der Waals surface area contributed by atoms with Gasteiger partial charge in [0.1, 0.15) is 6.04 Å². The average Bonchev–Trinajstić information content (AvgIpc) is 2.85. The molecule has 2 unspecified atom stereocenters. The first-order chi connectivity index (χ1) is 9.32. The van der Waals surface area contributed by atoms with Crippen LogP contribution in [0.5, 0.6) is 0 Å². The van der Waals surface area contributed by atoms with Crippen molar-refractivity contribution >= 4 is 11.8 Å². The first-order valence-electron chi connectivity index (χ1n) is 7.19. The highest BCUT2D eigenvalue weighted by atomic mass is 16.3. The molecule has 6 heteroatoms. The van der Waals surface area contributed by atoms with E-state index in [1.807, 2.05) is 20.8 Å². The molecule has 0 aromatic rings. The molecule has 0 aromatic carbocycles. The maximum Gasteiger partial charge on any atom is 0.242 e. The molecule has 1 fully saturated rings. The Hall–Kier alpha value is -1.14. The third-order valence-electron chi connectivity index (χ3n) is 3.66. The van der Waals surface area contributed by atoms with Crippen LogP contribution in [-0.2, 0) is 9.59 Å². The molecule has 0 aromatic heterocycles. The summed E-state index contributed by atoms with van der Waals surface area (Å²) in [6.45, 7) is 6.90. The largest absolute Gasteiger partial charge is 0.395 e. The number of likely N-dealkylation sites (N-methyl/N-ethyl adjacent to an activating group) is 1. The standard InChI is InChI=1S/C14H27N3O3/c1-14(2,3)11(16-7-9-18)13(20)17-8-5-6-10(17)12(19)15-4/h10-11,16,18H,5-9H2,1-4H3,(H,15,19). The normalized spacial score (nSPS) is 20.9. The smallest absolute Gasteiger partial charge is 0.242 e. The van der Waals surface area contributed by atoms with E-state index in [9.17, 15) is 9.59 Å². The van der Waals surface area contributed by atoms with E-state index < -0.39 is 6.04 Å². The van der Waals surface area contributed by atoms with Crippen molar-refractivity contribution in [3.63, 3.8) is 0 Å². The van der Waals surface area contributed by atoms with Gasteiger partial charge in [-0.2, -0.15) is 0 Å². The van der Waals surface area contributed by atoms with E-state index in [4.69, 9.17) is 5.11 Å². The molecule has 2 amide bonds. The number of likely N-dealkylation sites (tertiary alicyclic amines) is 1. The zero-order valence-electron chi connectivity index (χ0n) is 12.9. The molecule has 0 radical (unpaired) electrons. The average molecular weight is 285 g/mol. The van der Waals surface area contributed by atoms with Crippen molar-refractivity contribution in [2.45, 2.75) is 45.7 Å². The van der Waals surface area contributed by atoms with Crippen LogP contribution in [0.2, 0.25) is 0 Å². The summed E-state index contributed by atoms with van der Waals surface area (Å²) in [4.78, 5) is 26.2. The molecule has 1 saturated heterocycles. The summed E-state index contributed by atoms with van der Waals surface area (Å²) in [6.07, 6.45) is 1.56. The molecule has 0 saturated carbocycles. The number of hydrogen-bond donors (Lipinski definition) is 3. The number of carbonyl (C=O) groups excluding carboxylic acids is 2. The van der Waals surface area contributed by atoms with Gasteiger partial charge < -0.3 is 20.6 Å². The van der Waals surface area contributed by atoms with Crippen molar-refractivity contribution in [2.75, 3.05) is 26.7 Å². The fourth-order valence-corrected chi connectivity index (χ4v) is 2.61. The second-order valence-corrected chi connectivity index (χ2v) is 6.28. The van der Waals surface area contributed by atoms with E-state index in [-0.39, 0.29) is 29.9 Å². The number of nitrogens with zero attached hydrogens (tertiary/aromatic N) is 1. The number of aliphatic hydroxyl groups is 1. The van der Waals surface area contributed by atoms with Crippen LogP contribution in [0.15, 0.2) is 0 Å². The van der Waals surface area contributed by atoms with Gasteiger partial charge in [-0.25, -0.2) is 0 Å². The lowest BCUT2D eigenvalue weighted by molar-refractivity contribution is -0.142. The van der Waals surface area contributed by atoms with E-state index in [2.05, 4.69) is 10.6 Å². The fraction of sp³-hybridized carbons (Fsp3) is 0.857. The number of amides is 2. The molecule has 3 N–H and O–H groups in total. The molecule has 6 nitrogen and oxygen atoms in total. The van der Waals surface area contributed by atoms with E-state index >= 15 is 0 Å². The van der Waals surface area contributed by atoms with Gasteiger partial charge in [0, 0.05) is 20.1 Å². The highest BCUT2D eigenvalue weighted by molar-refractivity contribution is 5.90. The number of nitrogens with one attached hydrogen (secondary N) is 2. The maximum atomic E-state index is 12.7. The van der Waals surface area contributed by atoms with Gasteiger partial charge in [-0.05, 0) is 18.3 Å². The highest BCUT2D eigenvalue weighted by Gasteiger charge is 2.40. The zero-order valence-corrected chi connectivity index (χ0v) is 12.9. The summed E-state index contributed by atoms with van der Waals surface area (Å²) in [5.41, 5.74) is -0.276. The summed E-state index contributed by atoms with van der Waals surface area (Å²) >= 11 is 0. The lowest BCUT2D eigenvalue weighted by Gasteiger charge is -2.35. The topological polar surface area (TPSA) is 81.7 Å². The van der Waals surface area contributed by atoms with E-state index in [0.717, 1.165) is 6.42 Å². The van der Waals surface area contributed by atoms with Gasteiger partial charge in [0.05, 0.1) is 12.6 Å². The Morgan fingerprint density at radius 2 is 2.05 bits per heavy atom. The Bertz CT molecular complexity index is 352. The number of rotatable bonds is 5. The zero-order chi connectivity index (χ0) is 15.3. The molecular weight excluding hydrogens is 258 g/mol. The Morgan fingerprint density at radius 3 is 2.55 bits per heavy atom. The van der Waals surface area contributed by atoms with Crippen molar-refractivity contribution in [3.05, 3.63) is 0 Å². The van der Waals surface area contributed by atoms with Crippen LogP contribution in [-0.4, -0.2) is 60.6 Å². The molecule has 1 aliphatic rings. The Kier molecular flexibility index (Phi) is 5.95. The maximum absolute atomic E-state index is 12.7. The van der Waals surface area contributed by atoms with Gasteiger partial charge in [-0.3, -0.25) is 9.59 Å². The lowest BCUT2D eigenvalue weighted by atomic mass is 9.85. The number of carbonyl (C=O) groups is 2. The third-order valence-corrected chi connectivity index (χ3v) is 3.66. The van der Waals surface area contributed by atoms with E-state index in [1.165, 1.54) is 0 Å². The van der Waals surface area contributed by atoms with Crippen LogP contribution >= 0.6 is 0 Å². The second-order valence-electron chi connectivity index (χ2n) is 6.28. The van der Waals surface area contributed by atoms with Gasteiger partial charge in [0.2, 0.25) is 11.8 Å². The summed E-state index contributed by atoms with van der Waals surface area (Å²) in [7, 11) is 1.59. The van der Waals surface area contributed by atoms with Crippen LogP contribution in [0.3, 0.4) is 0 Å². The quantitative estimate of drug-likeness (QED) is 0.649. The summed E-state index contributed by atoms with van der Waals surface area (Å²) in [5.74, 6) is -0.164. The SMILES string of the molecule is CNC(=O)C1CCCN1C(=O)C(NCCO)C(C)(C)C. The molecule has 0 aliphatic carbocycles. The molecule has 1 aliphatic heterocycles. The minimum absolute atomic E-state index is 0.0151. The predicted octanol–water partition coefficient (Wildman–Crippen LogP) is -0.280. The lowest BCUT2D eigenvalue weighted by Crippen LogP contribution is -2.56. The monoisotopic (exact) mass is 285 g/mol. The van der Waals surface area contributed by atoms with Crippen molar-refractivity contribution in [2.24, 2.45) is 5.41 Å². The van der Waals surface area contributed by atoms with Crippen molar-refractivity contribution < 1.29 is 14.7 Å². The Balaban J connectivity index is 2.85. The Morgan fingerprint density at radius 1 is 1.40 bits per heavy atom. The first kappa shape index (κ1) is 16.9. The summed E-state index contributed by atoms with van der Waals surface area (Å²) in [5, 5.41) is 14.7.